The molecule has 0 radical (unpaired) electrons. The van der Waals surface area contributed by atoms with Crippen LogP contribution in [0.15, 0.2) is 31.3 Å². The third-order valence-corrected chi connectivity index (χ3v) is 5.28. The summed E-state index contributed by atoms with van der Waals surface area (Å²) in [4.78, 5) is 31.1. The number of aromatic hydroxyl groups is 1. The minimum absolute atomic E-state index is 0.0268. The number of hydrogen-bond acceptors (Lipinski definition) is 9. The van der Waals surface area contributed by atoms with Gasteiger partial charge in [0.05, 0.1) is 43.2 Å². The molecule has 1 atom stereocenters. The number of benzene rings is 1. The molecule has 0 spiro atoms. The number of aromatic amines is 1. The number of phenolic OH excluding ortho intramolecular Hbond substituents is 1. The summed E-state index contributed by atoms with van der Waals surface area (Å²) >= 11 is 3.25. The van der Waals surface area contributed by atoms with Gasteiger partial charge in [-0.15, -0.1) is 0 Å². The molecule has 3 aromatic rings. The van der Waals surface area contributed by atoms with Crippen LogP contribution in [0.5, 0.6) is 11.5 Å². The lowest BCUT2D eigenvalue weighted by Gasteiger charge is -2.15. The smallest absolute Gasteiger partial charge is 0.329 e. The Bertz CT molecular complexity index is 1290. The molecule has 2 aromatic heterocycles. The number of nitrogens with one attached hydrogen (secondary N) is 2. The fourth-order valence-electron chi connectivity index (χ4n) is 3.05. The summed E-state index contributed by atoms with van der Waals surface area (Å²) in [5.41, 5.74) is 2.33. The van der Waals surface area contributed by atoms with E-state index in [4.69, 9.17) is 9.47 Å². The highest BCUT2D eigenvalue weighted by Crippen LogP contribution is 2.34. The van der Waals surface area contributed by atoms with E-state index in [1.807, 2.05) is 13.8 Å². The first-order valence-corrected chi connectivity index (χ1v) is 10.8. The van der Waals surface area contributed by atoms with Crippen molar-refractivity contribution in [2.75, 3.05) is 19.1 Å². The van der Waals surface area contributed by atoms with Crippen molar-refractivity contribution >= 4 is 39.3 Å². The summed E-state index contributed by atoms with van der Waals surface area (Å²) in [6.07, 6.45) is 0.438. The molecular weight excluding hydrogens is 500 g/mol. The molecule has 0 amide bonds. The number of rotatable bonds is 9. The van der Waals surface area contributed by atoms with Gasteiger partial charge in [-0.25, -0.2) is 10.2 Å². The van der Waals surface area contributed by atoms with E-state index in [1.54, 1.807) is 12.1 Å². The van der Waals surface area contributed by atoms with E-state index < -0.39 is 17.4 Å². The minimum atomic E-state index is -0.941. The highest BCUT2D eigenvalue weighted by molar-refractivity contribution is 9.10. The summed E-state index contributed by atoms with van der Waals surface area (Å²) in [7, 11) is 2.91. The molecule has 0 unspecified atom stereocenters. The Balaban J connectivity index is 1.98. The van der Waals surface area contributed by atoms with Crippen LogP contribution in [-0.4, -0.2) is 61.5 Å². The fraction of sp³-hybridized carbons (Fsp3) is 0.400. The van der Waals surface area contributed by atoms with Crippen LogP contribution in [-0.2, 0) is 18.3 Å². The second-order valence-corrected chi connectivity index (χ2v) is 8.35. The third kappa shape index (κ3) is 5.43. The number of nitrogens with zero attached hydrogens (tertiary/aromatic N) is 4. The van der Waals surface area contributed by atoms with Gasteiger partial charge in [-0.1, -0.05) is 0 Å². The van der Waals surface area contributed by atoms with Crippen molar-refractivity contribution in [2.45, 2.75) is 32.6 Å². The normalized spacial score (nSPS) is 12.7. The van der Waals surface area contributed by atoms with Crippen LogP contribution < -0.4 is 21.4 Å². The molecule has 3 rings (SSSR count). The van der Waals surface area contributed by atoms with Crippen LogP contribution in [0, 0.1) is 0 Å². The molecule has 0 saturated carbocycles. The summed E-state index contributed by atoms with van der Waals surface area (Å²) in [5, 5.41) is 24.5. The van der Waals surface area contributed by atoms with Crippen molar-refractivity contribution in [1.29, 1.82) is 0 Å². The molecule has 12 nitrogen and oxygen atoms in total. The molecular formula is C20H25BrN6O6. The lowest BCUT2D eigenvalue weighted by molar-refractivity contribution is -0.000105. The van der Waals surface area contributed by atoms with E-state index in [-0.39, 0.29) is 47.9 Å². The summed E-state index contributed by atoms with van der Waals surface area (Å²) in [6.45, 7) is 3.71. The first-order chi connectivity index (χ1) is 15.6. The fourth-order valence-corrected chi connectivity index (χ4v) is 3.51. The maximum atomic E-state index is 12.5. The number of imidazole rings is 1. The SMILES string of the molecule is COc1cc(/C=N\Nc2nc3c(c(=O)[nH]c(=O)n3C)n2C[C@H](O)COC(C)C)cc(Br)c1O. The molecule has 4 N–H and O–H groups in total. The predicted octanol–water partition coefficient (Wildman–Crippen LogP) is 1.13. The lowest BCUT2D eigenvalue weighted by Crippen LogP contribution is -2.30. The van der Waals surface area contributed by atoms with Crippen molar-refractivity contribution in [2.24, 2.45) is 12.1 Å². The maximum Gasteiger partial charge on any atom is 0.329 e. The van der Waals surface area contributed by atoms with Crippen LogP contribution in [0.4, 0.5) is 5.95 Å². The van der Waals surface area contributed by atoms with Crippen molar-refractivity contribution in [3.63, 3.8) is 0 Å². The van der Waals surface area contributed by atoms with Crippen molar-refractivity contribution in [3.05, 3.63) is 43.0 Å². The van der Waals surface area contributed by atoms with Crippen LogP contribution >= 0.6 is 15.9 Å². The number of aliphatic hydroxyl groups is 1. The summed E-state index contributed by atoms with van der Waals surface area (Å²) in [6, 6.07) is 3.21. The van der Waals surface area contributed by atoms with E-state index >= 15 is 0 Å². The van der Waals surface area contributed by atoms with E-state index in [0.717, 1.165) is 0 Å². The second-order valence-electron chi connectivity index (χ2n) is 7.50. The zero-order valence-corrected chi connectivity index (χ0v) is 20.1. The van der Waals surface area contributed by atoms with E-state index in [1.165, 1.54) is 29.5 Å². The number of hydrogen-bond donors (Lipinski definition) is 4. The van der Waals surface area contributed by atoms with Crippen molar-refractivity contribution in [1.82, 2.24) is 19.1 Å². The predicted molar refractivity (Wildman–Crippen MR) is 126 cm³/mol. The molecule has 0 bridgehead atoms. The van der Waals surface area contributed by atoms with Gasteiger partial charge in [-0.3, -0.25) is 14.3 Å². The molecule has 1 aromatic carbocycles. The van der Waals surface area contributed by atoms with Gasteiger partial charge in [0.1, 0.15) is 0 Å². The van der Waals surface area contributed by atoms with Gasteiger partial charge in [0.15, 0.2) is 22.7 Å². The van der Waals surface area contributed by atoms with Gasteiger partial charge in [0.2, 0.25) is 5.95 Å². The van der Waals surface area contributed by atoms with E-state index in [9.17, 15) is 19.8 Å². The topological polar surface area (TPSA) is 156 Å². The third-order valence-electron chi connectivity index (χ3n) is 4.67. The van der Waals surface area contributed by atoms with Gasteiger partial charge in [0.25, 0.3) is 5.56 Å². The number of halogens is 1. The molecule has 0 saturated heterocycles. The standard InChI is InChI=1S/C20H25BrN6O6/c1-10(2)33-9-12(28)8-27-15-17(26(3)20(31)24-18(15)30)23-19(27)25-22-7-11-5-13(21)16(29)14(6-11)32-4/h5-7,10,12,28-29H,8-9H2,1-4H3,(H,23,25)(H,24,30,31)/b22-7-/t12-/m0/s1. The maximum absolute atomic E-state index is 12.5. The molecule has 0 fully saturated rings. The Labute approximate surface area is 196 Å². The number of aromatic nitrogens is 4. The second kappa shape index (κ2) is 10.2. The van der Waals surface area contributed by atoms with Gasteiger partial charge >= 0.3 is 5.69 Å². The number of aliphatic hydroxyl groups excluding tert-OH is 1. The number of methoxy groups -OCH3 is 1. The number of phenols is 1. The molecule has 33 heavy (non-hydrogen) atoms. The quantitative estimate of drug-likeness (QED) is 0.239. The summed E-state index contributed by atoms with van der Waals surface area (Å²) in [5.74, 6) is 0.358. The van der Waals surface area contributed by atoms with Crippen LogP contribution in [0.25, 0.3) is 11.2 Å². The highest BCUT2D eigenvalue weighted by Gasteiger charge is 2.20. The zero-order chi connectivity index (χ0) is 24.3. The molecule has 0 aliphatic carbocycles. The van der Waals surface area contributed by atoms with Gasteiger partial charge in [-0.05, 0) is 47.5 Å². The highest BCUT2D eigenvalue weighted by atomic mass is 79.9. The first-order valence-electron chi connectivity index (χ1n) is 9.97. The molecule has 0 aliphatic heterocycles. The average molecular weight is 525 g/mol. The van der Waals surface area contributed by atoms with Crippen LogP contribution in [0.3, 0.4) is 0 Å². The van der Waals surface area contributed by atoms with Crippen LogP contribution in [0.2, 0.25) is 0 Å². The summed E-state index contributed by atoms with van der Waals surface area (Å²) < 4.78 is 13.6. The number of aryl methyl sites for hydroxylation is 1. The van der Waals surface area contributed by atoms with Gasteiger partial charge < -0.3 is 24.3 Å². The molecule has 13 heteroatoms. The molecule has 2 heterocycles. The lowest BCUT2D eigenvalue weighted by atomic mass is 10.2. The minimum Gasteiger partial charge on any atom is -0.503 e. The zero-order valence-electron chi connectivity index (χ0n) is 18.5. The van der Waals surface area contributed by atoms with E-state index in [0.29, 0.717) is 10.0 Å². The Hall–Kier alpha value is -3.16. The van der Waals surface area contributed by atoms with Crippen molar-refractivity contribution < 1.29 is 19.7 Å². The number of anilines is 1. The van der Waals surface area contributed by atoms with Crippen LogP contribution in [0.1, 0.15) is 19.4 Å². The van der Waals surface area contributed by atoms with E-state index in [2.05, 4.69) is 36.4 Å². The molecule has 0 aliphatic rings. The first kappa shape index (κ1) is 24.5. The van der Waals surface area contributed by atoms with Gasteiger partial charge in [0, 0.05) is 7.05 Å². The Morgan fingerprint density at radius 1 is 1.36 bits per heavy atom. The van der Waals surface area contributed by atoms with Crippen molar-refractivity contribution in [3.8, 4) is 11.5 Å². The monoisotopic (exact) mass is 524 g/mol. The Morgan fingerprint density at radius 3 is 2.76 bits per heavy atom. The number of hydrazone groups is 1. The largest absolute Gasteiger partial charge is 0.503 e. The van der Waals surface area contributed by atoms with Gasteiger partial charge in [-0.2, -0.15) is 10.1 Å². The Kier molecular flexibility index (Phi) is 7.56. The average Bonchev–Trinajstić information content (AvgIpc) is 3.11. The number of H-pyrrole nitrogens is 1. The molecule has 178 valence electrons. The number of ether oxygens (including phenoxy) is 2. The number of fused-ring (bicyclic) bond motifs is 1. The Morgan fingerprint density at radius 2 is 2.09 bits per heavy atom.